The van der Waals surface area contributed by atoms with E-state index in [1.807, 2.05) is 30.3 Å². The van der Waals surface area contributed by atoms with Crippen LogP contribution in [0.5, 0.6) is 0 Å². The van der Waals surface area contributed by atoms with Crippen LogP contribution in [0.1, 0.15) is 0 Å². The number of pyridine rings is 4. The van der Waals surface area contributed by atoms with E-state index >= 15 is 0 Å². The fourth-order valence-electron chi connectivity index (χ4n) is 7.24. The monoisotopic (exact) mass is 636 g/mol. The van der Waals surface area contributed by atoms with Crippen molar-refractivity contribution < 1.29 is 0 Å². The molecule has 4 heteroatoms. The maximum Gasteiger partial charge on any atom is 0.0978 e. The molecule has 4 nitrogen and oxygen atoms in total. The van der Waals surface area contributed by atoms with Gasteiger partial charge in [-0.3, -0.25) is 4.98 Å². The van der Waals surface area contributed by atoms with E-state index in [1.165, 1.54) is 32.7 Å². The van der Waals surface area contributed by atoms with Crippen LogP contribution < -0.4 is 0 Å². The highest BCUT2D eigenvalue weighted by Crippen LogP contribution is 2.38. The lowest BCUT2D eigenvalue weighted by Crippen LogP contribution is -1.93. The van der Waals surface area contributed by atoms with Gasteiger partial charge in [0, 0.05) is 39.0 Å². The molecule has 232 valence electrons. The average molecular weight is 637 g/mol. The number of fused-ring (bicyclic) bond motifs is 7. The summed E-state index contributed by atoms with van der Waals surface area (Å²) in [4.78, 5) is 20.0. The molecule has 10 rings (SSSR count). The standard InChI is InChI=1S/C46H28N4/c1-2-9-30(10-3-1)44-36-11-4-5-12-41(36)50-46-37(44)24-20-31-22-25-40(49-45(31)46)34-19-17-29-16-18-32-27-33(21-23-35(32)38(29)28-34)39-14-8-15-43(48-39)42-13-6-7-26-47-42/h1-28H. The van der Waals surface area contributed by atoms with E-state index in [2.05, 4.69) is 138 Å². The van der Waals surface area contributed by atoms with Gasteiger partial charge in [0.15, 0.2) is 0 Å². The third-order valence-corrected chi connectivity index (χ3v) is 9.68. The van der Waals surface area contributed by atoms with Crippen molar-refractivity contribution in [3.63, 3.8) is 0 Å². The van der Waals surface area contributed by atoms with Crippen molar-refractivity contribution >= 4 is 54.3 Å². The summed E-state index contributed by atoms with van der Waals surface area (Å²) in [5.74, 6) is 0. The van der Waals surface area contributed by atoms with E-state index in [0.29, 0.717) is 0 Å². The molecule has 0 unspecified atom stereocenters. The molecule has 0 aliphatic heterocycles. The van der Waals surface area contributed by atoms with Crippen LogP contribution in [0, 0.1) is 0 Å². The normalized spacial score (nSPS) is 11.6. The first-order valence-electron chi connectivity index (χ1n) is 16.8. The number of hydrogen-bond acceptors (Lipinski definition) is 4. The lowest BCUT2D eigenvalue weighted by atomic mass is 9.95. The Morgan fingerprint density at radius 2 is 1.02 bits per heavy atom. The summed E-state index contributed by atoms with van der Waals surface area (Å²) < 4.78 is 0. The Kier molecular flexibility index (Phi) is 6.46. The topological polar surface area (TPSA) is 51.6 Å². The highest BCUT2D eigenvalue weighted by molar-refractivity contribution is 6.16. The number of para-hydroxylation sites is 1. The second-order valence-electron chi connectivity index (χ2n) is 12.7. The van der Waals surface area contributed by atoms with Crippen LogP contribution >= 0.6 is 0 Å². The van der Waals surface area contributed by atoms with Gasteiger partial charge in [-0.1, -0.05) is 115 Å². The highest BCUT2D eigenvalue weighted by atomic mass is 14.8. The lowest BCUT2D eigenvalue weighted by molar-refractivity contribution is 1.25. The summed E-state index contributed by atoms with van der Waals surface area (Å²) in [6.45, 7) is 0. The Morgan fingerprint density at radius 3 is 1.94 bits per heavy atom. The highest BCUT2D eigenvalue weighted by Gasteiger charge is 2.15. The lowest BCUT2D eigenvalue weighted by Gasteiger charge is -2.13. The molecule has 0 bridgehead atoms. The predicted molar refractivity (Wildman–Crippen MR) is 207 cm³/mol. The number of aromatic nitrogens is 4. The molecule has 10 aromatic rings. The fourth-order valence-corrected chi connectivity index (χ4v) is 7.24. The first-order chi connectivity index (χ1) is 24.8. The van der Waals surface area contributed by atoms with Gasteiger partial charge in [0.2, 0.25) is 0 Å². The SMILES string of the molecule is c1ccc(-c2c3ccccc3nc3c2ccc2ccc(-c4ccc5ccc6cc(-c7cccc(-c8ccccn8)n7)ccc6c5c4)nc23)cc1. The molecular formula is C46H28N4. The first-order valence-corrected chi connectivity index (χ1v) is 16.8. The Morgan fingerprint density at radius 1 is 0.320 bits per heavy atom. The second-order valence-corrected chi connectivity index (χ2v) is 12.7. The van der Waals surface area contributed by atoms with E-state index in [4.69, 9.17) is 15.0 Å². The Hall–Kier alpha value is -6.78. The second kappa shape index (κ2) is 11.4. The Labute approximate surface area is 288 Å². The Bertz CT molecular complexity index is 2920. The number of benzene rings is 6. The molecule has 0 spiro atoms. The van der Waals surface area contributed by atoms with E-state index < -0.39 is 0 Å². The molecular weight excluding hydrogens is 609 g/mol. The summed E-state index contributed by atoms with van der Waals surface area (Å²) in [6, 6.07) is 57.3. The van der Waals surface area contributed by atoms with Gasteiger partial charge in [-0.25, -0.2) is 15.0 Å². The first kappa shape index (κ1) is 28.3. The van der Waals surface area contributed by atoms with Crippen LogP contribution in [0.2, 0.25) is 0 Å². The minimum Gasteiger partial charge on any atom is -0.255 e. The summed E-state index contributed by atoms with van der Waals surface area (Å²) >= 11 is 0. The number of rotatable bonds is 4. The van der Waals surface area contributed by atoms with Crippen molar-refractivity contribution in [3.8, 4) is 45.0 Å². The molecule has 0 aliphatic rings. The van der Waals surface area contributed by atoms with Crippen molar-refractivity contribution in [2.24, 2.45) is 0 Å². The molecule has 0 atom stereocenters. The van der Waals surface area contributed by atoms with Crippen LogP contribution in [0.3, 0.4) is 0 Å². The zero-order valence-electron chi connectivity index (χ0n) is 27.0. The number of nitrogens with zero attached hydrogens (tertiary/aromatic N) is 4. The van der Waals surface area contributed by atoms with E-state index in [1.54, 1.807) is 6.20 Å². The minimum absolute atomic E-state index is 0.863. The molecule has 0 radical (unpaired) electrons. The predicted octanol–water partition coefficient (Wildman–Crippen LogP) is 11.7. The number of hydrogen-bond donors (Lipinski definition) is 0. The van der Waals surface area contributed by atoms with Gasteiger partial charge in [0.25, 0.3) is 0 Å². The molecule has 0 fully saturated rings. The van der Waals surface area contributed by atoms with Gasteiger partial charge in [-0.05, 0) is 75.6 Å². The van der Waals surface area contributed by atoms with Gasteiger partial charge in [-0.2, -0.15) is 0 Å². The van der Waals surface area contributed by atoms with Gasteiger partial charge in [0.1, 0.15) is 0 Å². The van der Waals surface area contributed by atoms with Gasteiger partial charge in [-0.15, -0.1) is 0 Å². The molecule has 0 aliphatic carbocycles. The van der Waals surface area contributed by atoms with Crippen LogP contribution in [0.25, 0.3) is 99.3 Å². The summed E-state index contributed by atoms with van der Waals surface area (Å²) in [6.07, 6.45) is 1.80. The van der Waals surface area contributed by atoms with E-state index in [-0.39, 0.29) is 0 Å². The van der Waals surface area contributed by atoms with Crippen LogP contribution in [0.4, 0.5) is 0 Å². The molecule has 0 saturated heterocycles. The Balaban J connectivity index is 1.11. The smallest absolute Gasteiger partial charge is 0.0978 e. The summed E-state index contributed by atoms with van der Waals surface area (Å²) in [5.41, 5.74) is 10.9. The molecule has 0 saturated carbocycles. The van der Waals surface area contributed by atoms with Gasteiger partial charge >= 0.3 is 0 Å². The molecule has 50 heavy (non-hydrogen) atoms. The largest absolute Gasteiger partial charge is 0.255 e. The summed E-state index contributed by atoms with van der Waals surface area (Å²) in [7, 11) is 0. The van der Waals surface area contributed by atoms with Crippen molar-refractivity contribution in [2.75, 3.05) is 0 Å². The zero-order valence-corrected chi connectivity index (χ0v) is 27.0. The fraction of sp³-hybridized carbons (Fsp3) is 0. The molecule has 6 aromatic carbocycles. The van der Waals surface area contributed by atoms with E-state index in [9.17, 15) is 0 Å². The maximum atomic E-state index is 5.31. The third-order valence-electron chi connectivity index (χ3n) is 9.68. The molecule has 0 N–H and O–H groups in total. The van der Waals surface area contributed by atoms with Crippen LogP contribution in [0.15, 0.2) is 170 Å². The van der Waals surface area contributed by atoms with Crippen molar-refractivity contribution in [3.05, 3.63) is 170 Å². The van der Waals surface area contributed by atoms with Crippen molar-refractivity contribution in [1.82, 2.24) is 19.9 Å². The zero-order chi connectivity index (χ0) is 33.0. The van der Waals surface area contributed by atoms with E-state index in [0.717, 1.165) is 66.6 Å². The van der Waals surface area contributed by atoms with Crippen LogP contribution in [-0.2, 0) is 0 Å². The van der Waals surface area contributed by atoms with Crippen molar-refractivity contribution in [2.45, 2.75) is 0 Å². The van der Waals surface area contributed by atoms with Gasteiger partial charge in [0.05, 0.1) is 39.3 Å². The van der Waals surface area contributed by atoms with Gasteiger partial charge < -0.3 is 0 Å². The average Bonchev–Trinajstić information content (AvgIpc) is 3.20. The molecule has 4 aromatic heterocycles. The quantitative estimate of drug-likeness (QED) is 0.142. The van der Waals surface area contributed by atoms with Crippen LogP contribution in [-0.4, -0.2) is 19.9 Å². The van der Waals surface area contributed by atoms with Crippen molar-refractivity contribution in [1.29, 1.82) is 0 Å². The third kappa shape index (κ3) is 4.69. The maximum absolute atomic E-state index is 5.31. The minimum atomic E-state index is 0.863. The molecule has 4 heterocycles. The molecule has 0 amide bonds. The summed E-state index contributed by atoms with van der Waals surface area (Å²) in [5, 5.41) is 8.06.